The maximum Gasteiger partial charge on any atom is 0.00647 e. The van der Waals surface area contributed by atoms with E-state index in [1.54, 1.807) is 0 Å². The molecule has 10 heavy (non-hydrogen) atoms. The topological polar surface area (TPSA) is 26.0 Å². The number of hydrogen-bond acceptors (Lipinski definition) is 1. The number of rotatable bonds is 2. The third-order valence-electron chi connectivity index (χ3n) is 3.36. The van der Waals surface area contributed by atoms with E-state index in [4.69, 9.17) is 5.73 Å². The maximum atomic E-state index is 5.96. The van der Waals surface area contributed by atoms with Gasteiger partial charge in [0.05, 0.1) is 0 Å². The Morgan fingerprint density at radius 1 is 1.30 bits per heavy atom. The van der Waals surface area contributed by atoms with Gasteiger partial charge in [-0.2, -0.15) is 0 Å². The monoisotopic (exact) mass is 139 g/mol. The van der Waals surface area contributed by atoms with E-state index in [-0.39, 0.29) is 0 Å². The van der Waals surface area contributed by atoms with Crippen LogP contribution in [0.15, 0.2) is 0 Å². The summed E-state index contributed by atoms with van der Waals surface area (Å²) in [5.41, 5.74) is 5.96. The molecule has 0 aromatic heterocycles. The Balaban J connectivity index is 1.84. The zero-order valence-corrected chi connectivity index (χ0v) is 6.72. The van der Waals surface area contributed by atoms with E-state index in [0.29, 0.717) is 6.04 Å². The maximum absolute atomic E-state index is 5.96. The summed E-state index contributed by atoms with van der Waals surface area (Å²) in [7, 11) is 0. The Labute approximate surface area is 63.0 Å². The molecule has 3 atom stereocenters. The predicted octanol–water partition coefficient (Wildman–Crippen LogP) is 1.77. The Morgan fingerprint density at radius 2 is 1.90 bits per heavy atom. The van der Waals surface area contributed by atoms with Gasteiger partial charge in [0.2, 0.25) is 0 Å². The van der Waals surface area contributed by atoms with E-state index < -0.39 is 0 Å². The molecule has 2 aliphatic carbocycles. The minimum atomic E-state index is 0.507. The lowest BCUT2D eigenvalue weighted by molar-refractivity contribution is 0.386. The minimum absolute atomic E-state index is 0.507. The molecule has 0 spiro atoms. The molecule has 2 fully saturated rings. The quantitative estimate of drug-likeness (QED) is 0.620. The van der Waals surface area contributed by atoms with Crippen molar-refractivity contribution < 1.29 is 0 Å². The molecule has 0 saturated heterocycles. The first-order chi connectivity index (χ1) is 4.81. The van der Waals surface area contributed by atoms with Gasteiger partial charge in [-0.3, -0.25) is 0 Å². The summed E-state index contributed by atoms with van der Waals surface area (Å²) in [5.74, 6) is 3.08. The Morgan fingerprint density at radius 3 is 2.40 bits per heavy atom. The van der Waals surface area contributed by atoms with Crippen LogP contribution in [0.5, 0.6) is 0 Å². The molecule has 0 bridgehead atoms. The molecule has 1 heteroatoms. The van der Waals surface area contributed by atoms with Gasteiger partial charge >= 0.3 is 0 Å². The van der Waals surface area contributed by atoms with Gasteiger partial charge in [0.1, 0.15) is 0 Å². The largest absolute Gasteiger partial charge is 0.327 e. The van der Waals surface area contributed by atoms with Gasteiger partial charge in [-0.15, -0.1) is 0 Å². The Bertz CT molecular complexity index is 123. The summed E-state index contributed by atoms with van der Waals surface area (Å²) in [6, 6.07) is 0.507. The van der Waals surface area contributed by atoms with Crippen LogP contribution in [0, 0.1) is 17.8 Å². The smallest absolute Gasteiger partial charge is 0.00647 e. The average Bonchev–Trinajstić information content (AvgIpc) is 2.57. The van der Waals surface area contributed by atoms with Gasteiger partial charge in [-0.25, -0.2) is 0 Å². The first-order valence-electron chi connectivity index (χ1n) is 4.56. The lowest BCUT2D eigenvalue weighted by Gasteiger charge is -2.18. The van der Waals surface area contributed by atoms with Crippen molar-refractivity contribution in [2.75, 3.05) is 0 Å². The molecule has 0 radical (unpaired) electrons. The van der Waals surface area contributed by atoms with Gasteiger partial charge in [0, 0.05) is 6.04 Å². The van der Waals surface area contributed by atoms with Gasteiger partial charge in [0.15, 0.2) is 0 Å². The molecule has 58 valence electrons. The van der Waals surface area contributed by atoms with Crippen LogP contribution in [-0.4, -0.2) is 6.04 Å². The predicted molar refractivity (Wildman–Crippen MR) is 42.6 cm³/mol. The van der Waals surface area contributed by atoms with Crippen molar-refractivity contribution in [3.05, 3.63) is 0 Å². The summed E-state index contributed by atoms with van der Waals surface area (Å²) in [5, 5.41) is 0. The molecule has 1 nitrogen and oxygen atoms in total. The van der Waals surface area contributed by atoms with E-state index >= 15 is 0 Å². The highest BCUT2D eigenvalue weighted by atomic mass is 14.7. The van der Waals surface area contributed by atoms with E-state index in [9.17, 15) is 0 Å². The van der Waals surface area contributed by atoms with Crippen LogP contribution in [0.4, 0.5) is 0 Å². The summed E-state index contributed by atoms with van der Waals surface area (Å²) in [6.07, 6.45) is 5.58. The van der Waals surface area contributed by atoms with E-state index in [1.165, 1.54) is 25.7 Å². The fraction of sp³-hybridized carbons (Fsp3) is 1.00. The van der Waals surface area contributed by atoms with Crippen molar-refractivity contribution >= 4 is 0 Å². The SMILES string of the molecule is CCC(N)C1CC2CC2C1. The zero-order valence-electron chi connectivity index (χ0n) is 6.72. The molecular weight excluding hydrogens is 122 g/mol. The standard InChI is InChI=1S/C9H17N/c1-2-9(10)8-4-6-3-7(6)5-8/h6-9H,2-5,10H2,1H3. The summed E-state index contributed by atoms with van der Waals surface area (Å²) < 4.78 is 0. The molecule has 2 aliphatic rings. The first-order valence-corrected chi connectivity index (χ1v) is 4.56. The molecule has 0 aromatic rings. The first kappa shape index (κ1) is 6.66. The summed E-state index contributed by atoms with van der Waals surface area (Å²) >= 11 is 0. The van der Waals surface area contributed by atoms with Crippen LogP contribution >= 0.6 is 0 Å². The van der Waals surface area contributed by atoms with Crippen LogP contribution in [0.3, 0.4) is 0 Å². The van der Waals surface area contributed by atoms with Gasteiger partial charge in [-0.1, -0.05) is 6.92 Å². The van der Waals surface area contributed by atoms with Crippen LogP contribution < -0.4 is 5.73 Å². The lowest BCUT2D eigenvalue weighted by atomic mass is 9.94. The van der Waals surface area contributed by atoms with Crippen LogP contribution in [0.2, 0.25) is 0 Å². The second-order valence-electron chi connectivity index (χ2n) is 4.06. The van der Waals surface area contributed by atoms with Crippen molar-refractivity contribution in [1.82, 2.24) is 0 Å². The Kier molecular flexibility index (Phi) is 1.48. The summed E-state index contributed by atoms with van der Waals surface area (Å²) in [6.45, 7) is 2.20. The fourth-order valence-electron chi connectivity index (χ4n) is 2.44. The molecule has 2 N–H and O–H groups in total. The van der Waals surface area contributed by atoms with Crippen molar-refractivity contribution in [2.24, 2.45) is 23.5 Å². The zero-order chi connectivity index (χ0) is 7.14. The third kappa shape index (κ3) is 0.968. The fourth-order valence-corrected chi connectivity index (χ4v) is 2.44. The highest BCUT2D eigenvalue weighted by Gasteiger charge is 2.46. The number of hydrogen-bond donors (Lipinski definition) is 1. The highest BCUT2D eigenvalue weighted by Crippen LogP contribution is 2.55. The average molecular weight is 139 g/mol. The van der Waals surface area contributed by atoms with Crippen molar-refractivity contribution in [3.8, 4) is 0 Å². The number of nitrogens with two attached hydrogens (primary N) is 1. The van der Waals surface area contributed by atoms with E-state index in [0.717, 1.165) is 17.8 Å². The second-order valence-corrected chi connectivity index (χ2v) is 4.06. The van der Waals surface area contributed by atoms with Crippen molar-refractivity contribution in [1.29, 1.82) is 0 Å². The molecule has 2 rings (SSSR count). The van der Waals surface area contributed by atoms with Crippen molar-refractivity contribution in [2.45, 2.75) is 38.6 Å². The van der Waals surface area contributed by atoms with Crippen LogP contribution in [-0.2, 0) is 0 Å². The minimum Gasteiger partial charge on any atom is -0.327 e. The molecular formula is C9H17N. The summed E-state index contributed by atoms with van der Waals surface area (Å²) in [4.78, 5) is 0. The van der Waals surface area contributed by atoms with Gasteiger partial charge in [-0.05, 0) is 43.4 Å². The molecule has 0 aromatic carbocycles. The van der Waals surface area contributed by atoms with E-state index in [1.807, 2.05) is 0 Å². The highest BCUT2D eigenvalue weighted by molar-refractivity contribution is 4.98. The Hall–Kier alpha value is -0.0400. The van der Waals surface area contributed by atoms with Crippen LogP contribution in [0.25, 0.3) is 0 Å². The molecule has 2 saturated carbocycles. The molecule has 0 aliphatic heterocycles. The molecule has 0 heterocycles. The second kappa shape index (κ2) is 2.23. The van der Waals surface area contributed by atoms with Crippen LogP contribution in [0.1, 0.15) is 32.6 Å². The third-order valence-corrected chi connectivity index (χ3v) is 3.36. The lowest BCUT2D eigenvalue weighted by Crippen LogP contribution is -2.28. The van der Waals surface area contributed by atoms with E-state index in [2.05, 4.69) is 6.92 Å². The van der Waals surface area contributed by atoms with Crippen molar-refractivity contribution in [3.63, 3.8) is 0 Å². The molecule has 3 unspecified atom stereocenters. The normalized spacial score (nSPS) is 46.8. The van der Waals surface area contributed by atoms with Gasteiger partial charge < -0.3 is 5.73 Å². The van der Waals surface area contributed by atoms with Gasteiger partial charge in [0.25, 0.3) is 0 Å². The number of fused-ring (bicyclic) bond motifs is 1. The molecule has 0 amide bonds.